The van der Waals surface area contributed by atoms with E-state index in [4.69, 9.17) is 14.2 Å². The van der Waals surface area contributed by atoms with E-state index in [1.54, 1.807) is 12.1 Å². The molecule has 26 heavy (non-hydrogen) atoms. The van der Waals surface area contributed by atoms with E-state index in [9.17, 15) is 14.0 Å². The summed E-state index contributed by atoms with van der Waals surface area (Å²) in [5, 5.41) is 2.38. The second-order valence-electron chi connectivity index (χ2n) is 5.32. The number of hydrogen-bond donors (Lipinski definition) is 1. The number of benzene rings is 2. The van der Waals surface area contributed by atoms with E-state index in [0.717, 1.165) is 0 Å². The zero-order valence-corrected chi connectivity index (χ0v) is 14.7. The van der Waals surface area contributed by atoms with E-state index in [1.165, 1.54) is 44.4 Å². The second kappa shape index (κ2) is 8.84. The van der Waals surface area contributed by atoms with Crippen molar-refractivity contribution in [1.82, 2.24) is 0 Å². The Hall–Kier alpha value is -3.09. The zero-order chi connectivity index (χ0) is 19.1. The van der Waals surface area contributed by atoms with Crippen LogP contribution in [-0.4, -0.2) is 31.7 Å². The number of halogens is 1. The summed E-state index contributed by atoms with van der Waals surface area (Å²) >= 11 is 0. The SMILES string of the molecule is CCOc1ccc(C(=O)O[C@@H](C)C(=O)Nc2ccccc2F)cc1OC. The molecule has 1 amide bonds. The molecule has 2 aromatic rings. The molecule has 0 heterocycles. The van der Waals surface area contributed by atoms with Gasteiger partial charge >= 0.3 is 5.97 Å². The summed E-state index contributed by atoms with van der Waals surface area (Å²) in [6, 6.07) is 10.3. The van der Waals surface area contributed by atoms with Gasteiger partial charge in [0, 0.05) is 0 Å². The first-order chi connectivity index (χ1) is 12.5. The third-order valence-electron chi connectivity index (χ3n) is 3.48. The third kappa shape index (κ3) is 4.72. The van der Waals surface area contributed by atoms with Gasteiger partial charge in [0.15, 0.2) is 17.6 Å². The Kier molecular flexibility index (Phi) is 6.54. The molecule has 0 saturated heterocycles. The van der Waals surface area contributed by atoms with Gasteiger partial charge in [-0.05, 0) is 44.2 Å². The van der Waals surface area contributed by atoms with Crippen LogP contribution in [0.3, 0.4) is 0 Å². The van der Waals surface area contributed by atoms with Crippen molar-refractivity contribution in [3.63, 3.8) is 0 Å². The molecule has 0 aliphatic carbocycles. The van der Waals surface area contributed by atoms with Gasteiger partial charge in [0.05, 0.1) is 25.0 Å². The van der Waals surface area contributed by atoms with Gasteiger partial charge in [-0.2, -0.15) is 0 Å². The quantitative estimate of drug-likeness (QED) is 0.765. The number of methoxy groups -OCH3 is 1. The minimum absolute atomic E-state index is 0.0168. The zero-order valence-electron chi connectivity index (χ0n) is 14.7. The average Bonchev–Trinajstić information content (AvgIpc) is 2.64. The molecule has 7 heteroatoms. The van der Waals surface area contributed by atoms with E-state index in [1.807, 2.05) is 6.92 Å². The van der Waals surface area contributed by atoms with Crippen molar-refractivity contribution in [3.8, 4) is 11.5 Å². The van der Waals surface area contributed by atoms with Gasteiger partial charge in [-0.1, -0.05) is 12.1 Å². The molecule has 2 aromatic carbocycles. The maximum Gasteiger partial charge on any atom is 0.339 e. The standard InChI is InChI=1S/C19H20FNO5/c1-4-25-16-10-9-13(11-17(16)24-3)19(23)26-12(2)18(22)21-15-8-6-5-7-14(15)20/h5-12H,4H2,1-3H3,(H,21,22)/t12-/m0/s1. The number of anilines is 1. The van der Waals surface area contributed by atoms with Crippen molar-refractivity contribution in [2.45, 2.75) is 20.0 Å². The smallest absolute Gasteiger partial charge is 0.339 e. The van der Waals surface area contributed by atoms with E-state index in [-0.39, 0.29) is 11.3 Å². The predicted octanol–water partition coefficient (Wildman–Crippen LogP) is 3.42. The Labute approximate surface area is 150 Å². The molecular formula is C19H20FNO5. The number of nitrogens with one attached hydrogen (secondary N) is 1. The van der Waals surface area contributed by atoms with Crippen LogP contribution in [0.5, 0.6) is 11.5 Å². The Morgan fingerprint density at radius 3 is 2.54 bits per heavy atom. The van der Waals surface area contributed by atoms with Crippen LogP contribution in [0.4, 0.5) is 10.1 Å². The van der Waals surface area contributed by atoms with Crippen molar-refractivity contribution < 1.29 is 28.2 Å². The van der Waals surface area contributed by atoms with Crippen molar-refractivity contribution in [3.05, 3.63) is 53.8 Å². The Morgan fingerprint density at radius 2 is 1.88 bits per heavy atom. The van der Waals surface area contributed by atoms with Crippen LogP contribution in [0.25, 0.3) is 0 Å². The van der Waals surface area contributed by atoms with Crippen molar-refractivity contribution >= 4 is 17.6 Å². The summed E-state index contributed by atoms with van der Waals surface area (Å²) in [4.78, 5) is 24.3. The summed E-state index contributed by atoms with van der Waals surface area (Å²) in [6.07, 6.45) is -1.11. The van der Waals surface area contributed by atoms with Crippen LogP contribution in [0, 0.1) is 5.82 Å². The molecule has 2 rings (SSSR count). The van der Waals surface area contributed by atoms with E-state index < -0.39 is 23.8 Å². The maximum absolute atomic E-state index is 13.6. The summed E-state index contributed by atoms with van der Waals surface area (Å²) in [5.74, 6) is -1.04. The Bertz CT molecular complexity index is 793. The van der Waals surface area contributed by atoms with Crippen molar-refractivity contribution in [2.24, 2.45) is 0 Å². The fourth-order valence-corrected chi connectivity index (χ4v) is 2.15. The molecule has 138 valence electrons. The molecule has 1 N–H and O–H groups in total. The number of para-hydroxylation sites is 1. The molecule has 0 aliphatic heterocycles. The minimum atomic E-state index is -1.11. The molecule has 0 aromatic heterocycles. The lowest BCUT2D eigenvalue weighted by atomic mass is 10.2. The van der Waals surface area contributed by atoms with Crippen molar-refractivity contribution in [2.75, 3.05) is 19.0 Å². The highest BCUT2D eigenvalue weighted by molar-refractivity contribution is 5.97. The molecular weight excluding hydrogens is 341 g/mol. The lowest BCUT2D eigenvalue weighted by molar-refractivity contribution is -0.123. The van der Waals surface area contributed by atoms with Crippen molar-refractivity contribution in [1.29, 1.82) is 0 Å². The van der Waals surface area contributed by atoms with Crippen LogP contribution in [-0.2, 0) is 9.53 Å². The van der Waals surface area contributed by atoms with E-state index >= 15 is 0 Å². The number of carbonyl (C=O) groups excluding carboxylic acids is 2. The lowest BCUT2D eigenvalue weighted by Crippen LogP contribution is -2.30. The van der Waals surface area contributed by atoms with Gasteiger partial charge in [0.25, 0.3) is 5.91 Å². The number of esters is 1. The number of rotatable bonds is 7. The largest absolute Gasteiger partial charge is 0.493 e. The highest BCUT2D eigenvalue weighted by atomic mass is 19.1. The predicted molar refractivity (Wildman–Crippen MR) is 94.1 cm³/mol. The fraction of sp³-hybridized carbons (Fsp3) is 0.263. The fourth-order valence-electron chi connectivity index (χ4n) is 2.15. The van der Waals surface area contributed by atoms with Crippen LogP contribution < -0.4 is 14.8 Å². The lowest BCUT2D eigenvalue weighted by Gasteiger charge is -2.15. The Morgan fingerprint density at radius 1 is 1.15 bits per heavy atom. The van der Waals surface area contributed by atoms with Crippen LogP contribution in [0.1, 0.15) is 24.2 Å². The second-order valence-corrected chi connectivity index (χ2v) is 5.32. The van der Waals surface area contributed by atoms with Gasteiger partial charge in [-0.3, -0.25) is 4.79 Å². The molecule has 6 nitrogen and oxygen atoms in total. The molecule has 0 saturated carbocycles. The normalized spacial score (nSPS) is 11.4. The summed E-state index contributed by atoms with van der Waals surface area (Å²) in [7, 11) is 1.46. The first-order valence-electron chi connectivity index (χ1n) is 8.03. The van der Waals surface area contributed by atoms with Crippen LogP contribution in [0.2, 0.25) is 0 Å². The molecule has 1 atom stereocenters. The number of hydrogen-bond acceptors (Lipinski definition) is 5. The molecule has 0 spiro atoms. The molecule has 0 unspecified atom stereocenters. The maximum atomic E-state index is 13.6. The van der Waals surface area contributed by atoms with Gasteiger partial charge in [-0.25, -0.2) is 9.18 Å². The topological polar surface area (TPSA) is 73.9 Å². The van der Waals surface area contributed by atoms with Gasteiger partial charge in [-0.15, -0.1) is 0 Å². The minimum Gasteiger partial charge on any atom is -0.493 e. The highest BCUT2D eigenvalue weighted by Gasteiger charge is 2.21. The highest BCUT2D eigenvalue weighted by Crippen LogP contribution is 2.28. The molecule has 0 bridgehead atoms. The summed E-state index contributed by atoms with van der Waals surface area (Å²) in [6.45, 7) is 3.69. The number of ether oxygens (including phenoxy) is 3. The van der Waals surface area contributed by atoms with Gasteiger partial charge in [0.1, 0.15) is 5.82 Å². The average molecular weight is 361 g/mol. The third-order valence-corrected chi connectivity index (χ3v) is 3.48. The summed E-state index contributed by atoms with van der Waals surface area (Å²) < 4.78 is 29.3. The first-order valence-corrected chi connectivity index (χ1v) is 8.03. The first kappa shape index (κ1) is 19.2. The molecule has 0 aliphatic rings. The Balaban J connectivity index is 2.04. The molecule has 0 fully saturated rings. The number of amides is 1. The number of carbonyl (C=O) groups is 2. The van der Waals surface area contributed by atoms with Gasteiger partial charge in [0.2, 0.25) is 0 Å². The van der Waals surface area contributed by atoms with Crippen LogP contribution >= 0.6 is 0 Å². The van der Waals surface area contributed by atoms with E-state index in [2.05, 4.69) is 5.32 Å². The van der Waals surface area contributed by atoms with Gasteiger partial charge < -0.3 is 19.5 Å². The van der Waals surface area contributed by atoms with Crippen LogP contribution in [0.15, 0.2) is 42.5 Å². The summed E-state index contributed by atoms with van der Waals surface area (Å²) in [5.41, 5.74) is 0.221. The monoisotopic (exact) mass is 361 g/mol. The van der Waals surface area contributed by atoms with E-state index in [0.29, 0.717) is 18.1 Å². The molecule has 0 radical (unpaired) electrons.